The molecule has 0 aliphatic heterocycles. The number of nitro groups is 1. The summed E-state index contributed by atoms with van der Waals surface area (Å²) in [6.07, 6.45) is 0.691. The molecule has 31 heavy (non-hydrogen) atoms. The largest absolute Gasteiger partial charge is 0.493 e. The number of ether oxygens (including phenoxy) is 2. The molecule has 2 rings (SSSR count). The minimum absolute atomic E-state index is 0.107. The van der Waals surface area contributed by atoms with E-state index in [1.165, 1.54) is 26.2 Å². The number of methoxy groups -OCH3 is 1. The van der Waals surface area contributed by atoms with Gasteiger partial charge in [0.2, 0.25) is 11.8 Å². The van der Waals surface area contributed by atoms with Crippen LogP contribution in [0.15, 0.2) is 42.5 Å². The lowest BCUT2D eigenvalue weighted by molar-refractivity contribution is -0.385. The average Bonchev–Trinajstić information content (AvgIpc) is 2.74. The molecule has 2 N–H and O–H groups in total. The van der Waals surface area contributed by atoms with E-state index in [1.54, 1.807) is 6.92 Å². The van der Waals surface area contributed by atoms with Crippen LogP contribution < -0.4 is 20.1 Å². The van der Waals surface area contributed by atoms with Crippen molar-refractivity contribution in [1.82, 2.24) is 10.6 Å². The fourth-order valence-corrected chi connectivity index (χ4v) is 3.02. The number of hydrogen-bond acceptors (Lipinski definition) is 6. The highest BCUT2D eigenvalue weighted by molar-refractivity contribution is 5.75. The molecule has 9 nitrogen and oxygen atoms in total. The summed E-state index contributed by atoms with van der Waals surface area (Å²) in [6, 6.07) is 11.8. The van der Waals surface area contributed by atoms with E-state index in [-0.39, 0.29) is 36.3 Å². The van der Waals surface area contributed by atoms with E-state index in [4.69, 9.17) is 9.47 Å². The van der Waals surface area contributed by atoms with E-state index < -0.39 is 11.0 Å². The SMILES string of the molecule is COc1cc(C(C)NC(C)=O)c([N+](=O)[O-])cc1OCCCC(=O)NCc1ccccc1. The standard InChI is InChI=1S/C22H27N3O6/c1-15(24-16(2)26)18-12-20(30-3)21(13-19(18)25(28)29)31-11-7-10-22(27)23-14-17-8-5-4-6-9-17/h4-6,8-9,12-13,15H,7,10-11,14H2,1-3H3,(H,23,27)(H,24,26). The van der Waals surface area contributed by atoms with Gasteiger partial charge >= 0.3 is 0 Å². The molecule has 9 heteroatoms. The highest BCUT2D eigenvalue weighted by Gasteiger charge is 2.24. The van der Waals surface area contributed by atoms with E-state index in [0.717, 1.165) is 5.56 Å². The molecular formula is C22H27N3O6. The number of amides is 2. The minimum Gasteiger partial charge on any atom is -0.493 e. The Balaban J connectivity index is 1.96. The zero-order chi connectivity index (χ0) is 22.8. The van der Waals surface area contributed by atoms with Crippen molar-refractivity contribution in [2.75, 3.05) is 13.7 Å². The predicted molar refractivity (Wildman–Crippen MR) is 115 cm³/mol. The second-order valence-electron chi connectivity index (χ2n) is 6.96. The lowest BCUT2D eigenvalue weighted by Crippen LogP contribution is -2.24. The Morgan fingerprint density at radius 2 is 1.87 bits per heavy atom. The summed E-state index contributed by atoms with van der Waals surface area (Å²) in [6.45, 7) is 3.63. The first-order valence-electron chi connectivity index (χ1n) is 9.88. The Labute approximate surface area is 180 Å². The van der Waals surface area contributed by atoms with E-state index in [9.17, 15) is 19.7 Å². The van der Waals surface area contributed by atoms with E-state index in [1.807, 2.05) is 30.3 Å². The lowest BCUT2D eigenvalue weighted by atomic mass is 10.0. The van der Waals surface area contributed by atoms with E-state index in [0.29, 0.717) is 24.3 Å². The quantitative estimate of drug-likeness (QED) is 0.321. The molecule has 0 aliphatic rings. The number of hydrogen-bond donors (Lipinski definition) is 2. The van der Waals surface area contributed by atoms with Crippen LogP contribution in [0.5, 0.6) is 11.5 Å². The summed E-state index contributed by atoms with van der Waals surface area (Å²) in [5, 5.41) is 17.0. The summed E-state index contributed by atoms with van der Waals surface area (Å²) in [5.74, 6) is 0.112. The number of nitrogens with zero attached hydrogens (tertiary/aromatic N) is 1. The molecule has 0 aromatic heterocycles. The van der Waals surface area contributed by atoms with Gasteiger partial charge in [-0.05, 0) is 25.0 Å². The van der Waals surface area contributed by atoms with Crippen molar-refractivity contribution in [3.8, 4) is 11.5 Å². The third-order valence-electron chi connectivity index (χ3n) is 4.53. The van der Waals surface area contributed by atoms with Crippen molar-refractivity contribution < 1.29 is 24.0 Å². The third kappa shape index (κ3) is 7.29. The molecule has 166 valence electrons. The van der Waals surface area contributed by atoms with Gasteiger partial charge in [-0.3, -0.25) is 19.7 Å². The van der Waals surface area contributed by atoms with Crippen molar-refractivity contribution in [2.24, 2.45) is 0 Å². The van der Waals surface area contributed by atoms with Crippen LogP contribution in [0.2, 0.25) is 0 Å². The van der Waals surface area contributed by atoms with Crippen LogP contribution in [0, 0.1) is 10.1 Å². The minimum atomic E-state index is -0.575. The zero-order valence-electron chi connectivity index (χ0n) is 17.8. The van der Waals surface area contributed by atoms with Crippen LogP contribution in [0.1, 0.15) is 43.9 Å². The highest BCUT2D eigenvalue weighted by Crippen LogP contribution is 2.37. The Bertz CT molecular complexity index is 917. The molecule has 1 unspecified atom stereocenters. The fourth-order valence-electron chi connectivity index (χ4n) is 3.02. The smallest absolute Gasteiger partial charge is 0.278 e. The van der Waals surface area contributed by atoms with Gasteiger partial charge in [0.1, 0.15) is 0 Å². The molecule has 0 saturated heterocycles. The van der Waals surface area contributed by atoms with Crippen LogP contribution in [0.3, 0.4) is 0 Å². The molecular weight excluding hydrogens is 402 g/mol. The predicted octanol–water partition coefficient (Wildman–Crippen LogP) is 3.28. The van der Waals surface area contributed by atoms with Crippen LogP contribution in [0.25, 0.3) is 0 Å². The maximum absolute atomic E-state index is 12.0. The maximum Gasteiger partial charge on any atom is 0.278 e. The first-order valence-corrected chi connectivity index (χ1v) is 9.88. The van der Waals surface area contributed by atoms with Crippen molar-refractivity contribution >= 4 is 17.5 Å². The molecule has 0 saturated carbocycles. The summed E-state index contributed by atoms with van der Waals surface area (Å²) in [4.78, 5) is 34.3. The normalized spacial score (nSPS) is 11.3. The van der Waals surface area contributed by atoms with Gasteiger partial charge in [-0.15, -0.1) is 0 Å². The number of carbonyl (C=O) groups excluding carboxylic acids is 2. The third-order valence-corrected chi connectivity index (χ3v) is 4.53. The van der Waals surface area contributed by atoms with Gasteiger partial charge in [-0.25, -0.2) is 0 Å². The van der Waals surface area contributed by atoms with Crippen molar-refractivity contribution in [3.63, 3.8) is 0 Å². The molecule has 0 aliphatic carbocycles. The molecule has 2 aromatic rings. The maximum atomic E-state index is 12.0. The van der Waals surface area contributed by atoms with Crippen molar-refractivity contribution in [1.29, 1.82) is 0 Å². The number of benzene rings is 2. The monoisotopic (exact) mass is 429 g/mol. The molecule has 0 radical (unpaired) electrons. The molecule has 1 atom stereocenters. The van der Waals surface area contributed by atoms with Gasteiger partial charge in [0.25, 0.3) is 5.69 Å². The molecule has 0 heterocycles. The van der Waals surface area contributed by atoms with E-state index >= 15 is 0 Å². The number of rotatable bonds is 11. The van der Waals surface area contributed by atoms with Gasteiger partial charge in [-0.1, -0.05) is 30.3 Å². The zero-order valence-corrected chi connectivity index (χ0v) is 17.8. The molecule has 0 spiro atoms. The average molecular weight is 429 g/mol. The topological polar surface area (TPSA) is 120 Å². The van der Waals surface area contributed by atoms with Gasteiger partial charge < -0.3 is 20.1 Å². The second kappa shape index (κ2) is 11.5. The number of carbonyl (C=O) groups is 2. The Morgan fingerprint density at radius 3 is 2.48 bits per heavy atom. The van der Waals surface area contributed by atoms with Gasteiger partial charge in [-0.2, -0.15) is 0 Å². The second-order valence-corrected chi connectivity index (χ2v) is 6.96. The highest BCUT2D eigenvalue weighted by atomic mass is 16.6. The van der Waals surface area contributed by atoms with E-state index in [2.05, 4.69) is 10.6 Å². The molecule has 2 aromatic carbocycles. The number of nitro benzene ring substituents is 1. The summed E-state index contributed by atoms with van der Waals surface area (Å²) >= 11 is 0. The van der Waals surface area contributed by atoms with Crippen molar-refractivity contribution in [3.05, 3.63) is 63.7 Å². The summed E-state index contributed by atoms with van der Waals surface area (Å²) < 4.78 is 11.0. The van der Waals surface area contributed by atoms with Gasteiger partial charge in [0.05, 0.1) is 36.3 Å². The van der Waals surface area contributed by atoms with Gasteiger partial charge in [0.15, 0.2) is 11.5 Å². The van der Waals surface area contributed by atoms with Crippen molar-refractivity contribution in [2.45, 2.75) is 39.3 Å². The number of nitrogens with one attached hydrogen (secondary N) is 2. The van der Waals surface area contributed by atoms with Crippen LogP contribution in [-0.2, 0) is 16.1 Å². The Morgan fingerprint density at radius 1 is 1.16 bits per heavy atom. The molecule has 2 amide bonds. The van der Waals surface area contributed by atoms with Gasteiger partial charge in [0, 0.05) is 19.9 Å². The first-order chi connectivity index (χ1) is 14.8. The summed E-state index contributed by atoms with van der Waals surface area (Å²) in [5.41, 5.74) is 1.14. The Hall–Kier alpha value is -3.62. The summed E-state index contributed by atoms with van der Waals surface area (Å²) in [7, 11) is 1.43. The molecule has 0 fully saturated rings. The first kappa shape index (κ1) is 23.7. The van der Waals surface area contributed by atoms with Crippen LogP contribution in [-0.4, -0.2) is 30.5 Å². The Kier molecular flexibility index (Phi) is 8.80. The molecule has 0 bridgehead atoms. The van der Waals surface area contributed by atoms with Crippen LogP contribution >= 0.6 is 0 Å². The lowest BCUT2D eigenvalue weighted by Gasteiger charge is -2.17. The fraction of sp³-hybridized carbons (Fsp3) is 0.364. The van der Waals surface area contributed by atoms with Crippen LogP contribution in [0.4, 0.5) is 5.69 Å².